The van der Waals surface area contributed by atoms with Gasteiger partial charge in [0.1, 0.15) is 0 Å². The van der Waals surface area contributed by atoms with E-state index >= 15 is 0 Å². The second-order valence-electron chi connectivity index (χ2n) is 13.1. The predicted octanol–water partition coefficient (Wildman–Crippen LogP) is 3.07. The third-order valence-corrected chi connectivity index (χ3v) is 3.44. The van der Waals surface area contributed by atoms with E-state index in [9.17, 15) is 19.8 Å². The molecular weight excluding hydrogens is 642 g/mol. The van der Waals surface area contributed by atoms with E-state index in [2.05, 4.69) is 0 Å². The monoisotopic (exact) mass is 692 g/mol. The van der Waals surface area contributed by atoms with E-state index in [0.717, 1.165) is 0 Å². The largest absolute Gasteiger partial charge is 2.00 e. The van der Waals surface area contributed by atoms with Crippen LogP contribution < -0.4 is 10.2 Å². The van der Waals surface area contributed by atoms with Gasteiger partial charge in [-0.25, -0.2) is 19.6 Å². The number of carboxylic acid groups (broad SMARTS) is 2. The summed E-state index contributed by atoms with van der Waals surface area (Å²) in [5.41, 5.74) is -2.19. The Bertz CT molecular complexity index is 604. The molecule has 0 atom stereocenters. The number of carbonyl (C=O) groups is 2. The minimum absolute atomic E-state index is 0. The second-order valence-corrected chi connectivity index (χ2v) is 13.1. The molecule has 0 spiro atoms. The minimum Gasteiger partial charge on any atom is -0.550 e. The molecule has 12 nitrogen and oxygen atoms in total. The van der Waals surface area contributed by atoms with Crippen LogP contribution in [0.1, 0.15) is 123 Å². The van der Waals surface area contributed by atoms with Crippen molar-refractivity contribution in [3.63, 3.8) is 0 Å². The fraction of sp³-hybridized carbons (Fsp3) is 0.923. The van der Waals surface area contributed by atoms with E-state index in [-0.39, 0.29) is 74.6 Å². The van der Waals surface area contributed by atoms with E-state index in [0.29, 0.717) is 0 Å². The molecule has 0 aromatic heterocycles. The van der Waals surface area contributed by atoms with Gasteiger partial charge in [-0.05, 0) is 110 Å². The molecule has 0 unspecified atom stereocenters. The molecule has 0 fully saturated rings. The van der Waals surface area contributed by atoms with Gasteiger partial charge in [-0.3, -0.25) is 0 Å². The van der Waals surface area contributed by atoms with Gasteiger partial charge >= 0.3 is 48.9 Å². The van der Waals surface area contributed by atoms with Crippen molar-refractivity contribution in [2.24, 2.45) is 0 Å². The van der Waals surface area contributed by atoms with Gasteiger partial charge in [0.15, 0.2) is 0 Å². The van der Waals surface area contributed by atoms with Gasteiger partial charge in [0.2, 0.25) is 11.6 Å². The number of hydrogen-bond acceptors (Lipinski definition) is 12. The fourth-order valence-electron chi connectivity index (χ4n) is 1.71. The molecule has 0 saturated heterocycles. The van der Waals surface area contributed by atoms with Gasteiger partial charge in [-0.15, -0.1) is 0 Å². The Morgan fingerprint density at radius 3 is 0.744 bits per heavy atom. The van der Waals surface area contributed by atoms with Crippen LogP contribution in [0.3, 0.4) is 0 Å². The molecule has 228 valence electrons. The maximum absolute atomic E-state index is 10.5. The molecule has 0 saturated carbocycles. The van der Waals surface area contributed by atoms with E-state index in [4.69, 9.17) is 39.1 Å². The molecule has 0 radical (unpaired) electrons. The summed E-state index contributed by atoms with van der Waals surface area (Å²) in [5.74, 6) is -5.02. The Morgan fingerprint density at radius 1 is 0.436 bits per heavy atom. The van der Waals surface area contributed by atoms with Gasteiger partial charge in [0.25, 0.3) is 0 Å². The standard InChI is InChI=1S/2C13H26O6.Ba/c2*1-11(2,3)16-18-13(7,9-8-10(14)15)19-17-12(4,5)6;/h2*8-9H2,1-7H3,(H,14,15);/q;;+2/p-2. The van der Waals surface area contributed by atoms with Crippen LogP contribution in [0.5, 0.6) is 0 Å². The van der Waals surface area contributed by atoms with Crippen molar-refractivity contribution < 1.29 is 58.9 Å². The molecule has 0 aliphatic rings. The molecule has 13 heteroatoms. The normalized spacial score (nSPS) is 13.3. The molecule has 0 rings (SSSR count). The Labute approximate surface area is 274 Å². The number of aliphatic carboxylic acids is 2. The van der Waals surface area contributed by atoms with Crippen molar-refractivity contribution in [2.45, 2.75) is 157 Å². The Balaban J connectivity index is -0.000000648. The van der Waals surface area contributed by atoms with Crippen LogP contribution in [0, 0.1) is 0 Å². The molecule has 0 heterocycles. The van der Waals surface area contributed by atoms with Crippen molar-refractivity contribution >= 4 is 60.8 Å². The van der Waals surface area contributed by atoms with Crippen LogP contribution in [0.25, 0.3) is 0 Å². The first-order valence-corrected chi connectivity index (χ1v) is 12.5. The van der Waals surface area contributed by atoms with Crippen molar-refractivity contribution in [1.29, 1.82) is 0 Å². The summed E-state index contributed by atoms with van der Waals surface area (Å²) in [5, 5.41) is 21.1. The molecule has 0 aliphatic heterocycles. The summed E-state index contributed by atoms with van der Waals surface area (Å²) in [6, 6.07) is 0. The van der Waals surface area contributed by atoms with Crippen LogP contribution in [-0.2, 0) is 48.7 Å². The predicted molar refractivity (Wildman–Crippen MR) is 139 cm³/mol. The van der Waals surface area contributed by atoms with Crippen LogP contribution in [0.4, 0.5) is 0 Å². The molecule has 39 heavy (non-hydrogen) atoms. The average Bonchev–Trinajstić information content (AvgIpc) is 2.70. The van der Waals surface area contributed by atoms with E-state index in [1.807, 2.05) is 0 Å². The van der Waals surface area contributed by atoms with E-state index in [1.165, 1.54) is 0 Å². The number of rotatable bonds is 14. The molecular formula is C26H50BaO12. The van der Waals surface area contributed by atoms with Crippen LogP contribution >= 0.6 is 0 Å². The smallest absolute Gasteiger partial charge is 0.550 e. The molecule has 0 aromatic rings. The summed E-state index contributed by atoms with van der Waals surface area (Å²) in [4.78, 5) is 62.6. The van der Waals surface area contributed by atoms with E-state index < -0.39 is 45.9 Å². The molecule has 0 aliphatic carbocycles. The van der Waals surface area contributed by atoms with Crippen molar-refractivity contribution in [1.82, 2.24) is 0 Å². The first-order chi connectivity index (χ1) is 16.7. The zero-order chi connectivity index (χ0) is 30.6. The van der Waals surface area contributed by atoms with Gasteiger partial charge in [-0.2, -0.15) is 19.6 Å². The fourth-order valence-corrected chi connectivity index (χ4v) is 1.71. The quantitative estimate of drug-likeness (QED) is 0.114. The topological polar surface area (TPSA) is 154 Å². The summed E-state index contributed by atoms with van der Waals surface area (Å²) >= 11 is 0. The number of carboxylic acids is 2. The molecule has 0 aromatic carbocycles. The Morgan fingerprint density at radius 2 is 0.615 bits per heavy atom. The van der Waals surface area contributed by atoms with Crippen molar-refractivity contribution in [3.05, 3.63) is 0 Å². The zero-order valence-electron chi connectivity index (χ0n) is 26.4. The third kappa shape index (κ3) is 31.0. The summed E-state index contributed by atoms with van der Waals surface area (Å²) < 4.78 is 0. The summed E-state index contributed by atoms with van der Waals surface area (Å²) in [6.45, 7) is 24.7. The van der Waals surface area contributed by atoms with Crippen LogP contribution in [0.15, 0.2) is 0 Å². The number of hydrogen-bond donors (Lipinski definition) is 0. The molecule has 0 amide bonds. The maximum Gasteiger partial charge on any atom is 2.00 e. The second kappa shape index (κ2) is 18.0. The van der Waals surface area contributed by atoms with Gasteiger partial charge in [0, 0.05) is 24.8 Å². The molecule has 0 bridgehead atoms. The first-order valence-electron chi connectivity index (χ1n) is 12.5. The van der Waals surface area contributed by atoms with E-state index in [1.54, 1.807) is 96.9 Å². The number of carbonyl (C=O) groups excluding carboxylic acids is 2. The summed E-state index contributed by atoms with van der Waals surface area (Å²) in [6.07, 6.45) is -0.363. The first kappa shape index (κ1) is 43.6. The Kier molecular flexibility index (Phi) is 20.1. The SMILES string of the molecule is CC(C)(C)OOC(C)(CCC(=O)[O-])OOC(C)(C)C.CC(C)(C)OOC(C)(CCC(=O)[O-])OOC(C)(C)C.[Ba+2]. The minimum atomic E-state index is -1.32. The van der Waals surface area contributed by atoms with Gasteiger partial charge in [-0.1, -0.05) is 0 Å². The average molecular weight is 692 g/mol. The van der Waals surface area contributed by atoms with Crippen LogP contribution in [0.2, 0.25) is 0 Å². The van der Waals surface area contributed by atoms with Crippen molar-refractivity contribution in [3.8, 4) is 0 Å². The summed E-state index contributed by atoms with van der Waals surface area (Å²) in [7, 11) is 0. The van der Waals surface area contributed by atoms with Crippen LogP contribution in [-0.4, -0.2) is 94.8 Å². The van der Waals surface area contributed by atoms with Crippen molar-refractivity contribution in [2.75, 3.05) is 0 Å². The maximum atomic E-state index is 10.5. The Hall–Kier alpha value is 0.191. The zero-order valence-corrected chi connectivity index (χ0v) is 30.9. The molecule has 0 N–H and O–H groups in total. The van der Waals surface area contributed by atoms with Gasteiger partial charge < -0.3 is 19.8 Å². The van der Waals surface area contributed by atoms with Gasteiger partial charge in [0.05, 0.1) is 22.4 Å². The third-order valence-electron chi connectivity index (χ3n) is 3.44.